The van der Waals surface area contributed by atoms with E-state index in [-0.39, 0.29) is 34.5 Å². The number of carbonyl (C=O) groups excluding carboxylic acids is 2. The van der Waals surface area contributed by atoms with Crippen molar-refractivity contribution in [1.82, 2.24) is 4.90 Å². The molecule has 1 aliphatic rings. The summed E-state index contributed by atoms with van der Waals surface area (Å²) < 4.78 is 54.3. The Hall–Kier alpha value is -3.83. The van der Waals surface area contributed by atoms with Crippen LogP contribution in [0.3, 0.4) is 0 Å². The van der Waals surface area contributed by atoms with Crippen LogP contribution in [0.2, 0.25) is 0 Å². The van der Waals surface area contributed by atoms with Crippen molar-refractivity contribution in [2.45, 2.75) is 11.8 Å². The molecule has 0 aromatic heterocycles. The van der Waals surface area contributed by atoms with E-state index < -0.39 is 27.1 Å². The molecule has 1 fully saturated rings. The van der Waals surface area contributed by atoms with Gasteiger partial charge in [0.2, 0.25) is 0 Å². The highest BCUT2D eigenvalue weighted by molar-refractivity contribution is 8.18. The highest BCUT2D eigenvalue weighted by atomic mass is 32.2. The van der Waals surface area contributed by atoms with Crippen LogP contribution in [0.25, 0.3) is 6.08 Å². The van der Waals surface area contributed by atoms with Crippen molar-refractivity contribution in [2.75, 3.05) is 20.3 Å². The quantitative estimate of drug-likeness (QED) is 0.274. The number of aryl methyl sites for hydroxylation is 1. The van der Waals surface area contributed by atoms with Gasteiger partial charge in [-0.3, -0.25) is 14.5 Å². The number of hydrogen-bond acceptors (Lipinski definition) is 8. The summed E-state index contributed by atoms with van der Waals surface area (Å²) in [6, 6.07) is 16.0. The molecule has 3 aromatic rings. The lowest BCUT2D eigenvalue weighted by atomic mass is 10.2. The van der Waals surface area contributed by atoms with Gasteiger partial charge in [0.1, 0.15) is 23.1 Å². The molecule has 4 rings (SSSR count). The van der Waals surface area contributed by atoms with Gasteiger partial charge in [0.15, 0.2) is 11.5 Å². The number of hydrogen-bond donors (Lipinski definition) is 0. The van der Waals surface area contributed by atoms with Crippen LogP contribution in [0.1, 0.15) is 11.1 Å². The van der Waals surface area contributed by atoms with Gasteiger partial charge in [0.25, 0.3) is 11.1 Å². The molecule has 0 atom stereocenters. The van der Waals surface area contributed by atoms with E-state index in [2.05, 4.69) is 0 Å². The standard InChI is InChI=1S/C26H22FNO7S2/c1-17-4-3-5-20(14-17)34-13-12-28-25(29)24(36-26(28)30)16-18-6-11-22(23(15-18)33-2)35-37(31,32)21-9-7-19(27)8-10-21/h3-11,14-16H,12-13H2,1-2H3/b24-16-. The monoisotopic (exact) mass is 543 g/mol. The van der Waals surface area contributed by atoms with E-state index >= 15 is 0 Å². The third-order valence-corrected chi connectivity index (χ3v) is 7.39. The molecule has 0 N–H and O–H groups in total. The molecule has 8 nitrogen and oxygen atoms in total. The fourth-order valence-corrected chi connectivity index (χ4v) is 5.22. The van der Waals surface area contributed by atoms with E-state index in [1.54, 1.807) is 6.07 Å². The summed E-state index contributed by atoms with van der Waals surface area (Å²) in [5.41, 5.74) is 1.52. The Kier molecular flexibility index (Phi) is 7.84. The molecule has 1 aliphatic heterocycles. The van der Waals surface area contributed by atoms with Crippen molar-refractivity contribution >= 4 is 39.1 Å². The van der Waals surface area contributed by atoms with Gasteiger partial charge in [-0.1, -0.05) is 18.2 Å². The van der Waals surface area contributed by atoms with Gasteiger partial charge in [0, 0.05) is 0 Å². The van der Waals surface area contributed by atoms with Gasteiger partial charge < -0.3 is 13.7 Å². The molecule has 192 valence electrons. The Labute approximate surface area is 217 Å². The number of ether oxygens (including phenoxy) is 2. The normalized spacial score (nSPS) is 14.8. The summed E-state index contributed by atoms with van der Waals surface area (Å²) in [5.74, 6) is -0.390. The number of nitrogens with zero attached hydrogens (tertiary/aromatic N) is 1. The molecule has 0 unspecified atom stereocenters. The first kappa shape index (κ1) is 26.2. The van der Waals surface area contributed by atoms with Crippen LogP contribution in [-0.4, -0.2) is 44.7 Å². The van der Waals surface area contributed by atoms with Crippen molar-refractivity contribution in [2.24, 2.45) is 0 Å². The first-order valence-electron chi connectivity index (χ1n) is 11.0. The number of benzene rings is 3. The van der Waals surface area contributed by atoms with Gasteiger partial charge in [-0.2, -0.15) is 8.42 Å². The minimum Gasteiger partial charge on any atom is -0.493 e. The van der Waals surface area contributed by atoms with Crippen LogP contribution < -0.4 is 13.7 Å². The van der Waals surface area contributed by atoms with Gasteiger partial charge in [-0.25, -0.2) is 4.39 Å². The van der Waals surface area contributed by atoms with Crippen molar-refractivity contribution in [3.8, 4) is 17.2 Å². The lowest BCUT2D eigenvalue weighted by Crippen LogP contribution is -2.32. The summed E-state index contributed by atoms with van der Waals surface area (Å²) in [6.07, 6.45) is 1.51. The minimum absolute atomic E-state index is 0.0882. The Morgan fingerprint density at radius 1 is 1.00 bits per heavy atom. The Morgan fingerprint density at radius 3 is 2.46 bits per heavy atom. The summed E-state index contributed by atoms with van der Waals surface area (Å²) in [7, 11) is -2.90. The summed E-state index contributed by atoms with van der Waals surface area (Å²) in [5, 5.41) is -0.415. The molecule has 0 radical (unpaired) electrons. The lowest BCUT2D eigenvalue weighted by molar-refractivity contribution is -0.123. The number of carbonyl (C=O) groups is 2. The van der Waals surface area contributed by atoms with Crippen molar-refractivity contribution in [1.29, 1.82) is 0 Å². The number of imide groups is 1. The maximum absolute atomic E-state index is 13.1. The van der Waals surface area contributed by atoms with Gasteiger partial charge in [-0.15, -0.1) is 0 Å². The summed E-state index contributed by atoms with van der Waals surface area (Å²) in [6.45, 7) is 2.18. The van der Waals surface area contributed by atoms with E-state index in [1.165, 1.54) is 31.4 Å². The van der Waals surface area contributed by atoms with Crippen molar-refractivity contribution in [3.05, 3.63) is 88.6 Å². The summed E-state index contributed by atoms with van der Waals surface area (Å²) >= 11 is 0.796. The highest BCUT2D eigenvalue weighted by Crippen LogP contribution is 2.35. The van der Waals surface area contributed by atoms with Crippen LogP contribution in [0.5, 0.6) is 17.2 Å². The van der Waals surface area contributed by atoms with Crippen LogP contribution in [-0.2, 0) is 14.9 Å². The molecule has 0 bridgehead atoms. The first-order valence-corrected chi connectivity index (χ1v) is 13.2. The van der Waals surface area contributed by atoms with Crippen LogP contribution in [0.15, 0.2) is 76.5 Å². The molecule has 11 heteroatoms. The summed E-state index contributed by atoms with van der Waals surface area (Å²) in [4.78, 5) is 26.3. The predicted molar refractivity (Wildman–Crippen MR) is 137 cm³/mol. The topological polar surface area (TPSA) is 99.2 Å². The molecule has 0 aliphatic carbocycles. The Bertz CT molecular complexity index is 1470. The average Bonchev–Trinajstić information content (AvgIpc) is 3.12. The molecule has 0 spiro atoms. The van der Waals surface area contributed by atoms with E-state index in [1.807, 2.05) is 25.1 Å². The van der Waals surface area contributed by atoms with Crippen LogP contribution in [0.4, 0.5) is 9.18 Å². The molecule has 0 saturated carbocycles. The largest absolute Gasteiger partial charge is 0.493 e. The number of amides is 2. The van der Waals surface area contributed by atoms with E-state index in [4.69, 9.17) is 13.7 Å². The van der Waals surface area contributed by atoms with Crippen LogP contribution in [0, 0.1) is 12.7 Å². The van der Waals surface area contributed by atoms with Crippen molar-refractivity contribution in [3.63, 3.8) is 0 Å². The van der Waals surface area contributed by atoms with E-state index in [9.17, 15) is 22.4 Å². The predicted octanol–water partition coefficient (Wildman–Crippen LogP) is 5.03. The smallest absolute Gasteiger partial charge is 0.339 e. The maximum Gasteiger partial charge on any atom is 0.339 e. The number of methoxy groups -OCH3 is 1. The third kappa shape index (κ3) is 6.30. The fourth-order valence-electron chi connectivity index (χ4n) is 3.41. The Morgan fingerprint density at radius 2 is 1.76 bits per heavy atom. The highest BCUT2D eigenvalue weighted by Gasteiger charge is 2.35. The van der Waals surface area contributed by atoms with Gasteiger partial charge in [-0.05, 0) is 84.4 Å². The zero-order valence-electron chi connectivity index (χ0n) is 19.8. The first-order chi connectivity index (χ1) is 17.7. The van der Waals surface area contributed by atoms with Gasteiger partial charge in [0.05, 0.1) is 18.6 Å². The van der Waals surface area contributed by atoms with Crippen LogP contribution >= 0.6 is 11.8 Å². The zero-order valence-corrected chi connectivity index (χ0v) is 21.5. The molecular weight excluding hydrogens is 521 g/mol. The molecular formula is C26H22FNO7S2. The molecule has 3 aromatic carbocycles. The SMILES string of the molecule is COc1cc(/C=C2\SC(=O)N(CCOc3cccc(C)c3)C2=O)ccc1OS(=O)(=O)c1ccc(F)cc1. The average molecular weight is 544 g/mol. The lowest BCUT2D eigenvalue weighted by Gasteiger charge is -2.13. The fraction of sp³-hybridized carbons (Fsp3) is 0.154. The van der Waals surface area contributed by atoms with E-state index in [0.29, 0.717) is 11.3 Å². The maximum atomic E-state index is 13.1. The second kappa shape index (κ2) is 11.1. The number of thioether (sulfide) groups is 1. The molecule has 37 heavy (non-hydrogen) atoms. The van der Waals surface area contributed by atoms with E-state index in [0.717, 1.165) is 46.5 Å². The Balaban J connectivity index is 1.45. The number of rotatable bonds is 9. The zero-order chi connectivity index (χ0) is 26.6. The second-order valence-electron chi connectivity index (χ2n) is 7.90. The molecule has 1 heterocycles. The number of halogens is 1. The third-order valence-electron chi connectivity index (χ3n) is 5.23. The second-order valence-corrected chi connectivity index (χ2v) is 10.4. The van der Waals surface area contributed by atoms with Gasteiger partial charge >= 0.3 is 10.1 Å². The molecule has 1 saturated heterocycles. The minimum atomic E-state index is -4.24. The van der Waals surface area contributed by atoms with Crippen molar-refractivity contribution < 1.29 is 36.1 Å². The molecule has 2 amide bonds.